The number of sulfone groups is 1. The summed E-state index contributed by atoms with van der Waals surface area (Å²) in [5.41, 5.74) is 0. The average molecular weight is 356 g/mol. The highest BCUT2D eigenvalue weighted by Crippen LogP contribution is 2.28. The van der Waals surface area contributed by atoms with Gasteiger partial charge < -0.3 is 14.4 Å². The monoisotopic (exact) mass is 356 g/mol. The first-order valence-electron chi connectivity index (χ1n) is 8.11. The van der Waals surface area contributed by atoms with E-state index in [9.17, 15) is 13.2 Å². The first-order chi connectivity index (χ1) is 11.3. The van der Waals surface area contributed by atoms with E-state index in [2.05, 4.69) is 15.1 Å². The Hall–Kier alpha value is -1.68. The second-order valence-electron chi connectivity index (χ2n) is 6.59. The zero-order valence-electron chi connectivity index (χ0n) is 14.3. The number of hydrogen-bond acceptors (Lipinski definition) is 6. The summed E-state index contributed by atoms with van der Waals surface area (Å²) in [6.45, 7) is 4.49. The number of hydrogen-bond donors (Lipinski definition) is 0. The fourth-order valence-electron chi connectivity index (χ4n) is 3.56. The zero-order chi connectivity index (χ0) is 17.5. The standard InChI is InChI=1S/C14H24N6O3S/c1-4-18-10-15-16-13(18)7-19-5-6-20(14(21)17(2)3)12-9-24(22,23)8-11(12)19/h10-12H,4-9H2,1-3H3/t11-,12+/m0/s1. The maximum Gasteiger partial charge on any atom is 0.319 e. The Kier molecular flexibility index (Phi) is 4.52. The normalized spacial score (nSPS) is 26.4. The lowest BCUT2D eigenvalue weighted by atomic mass is 10.1. The Morgan fingerprint density at radius 3 is 2.67 bits per heavy atom. The Bertz CT molecular complexity index is 716. The van der Waals surface area contributed by atoms with E-state index in [1.54, 1.807) is 25.3 Å². The minimum Gasteiger partial charge on any atom is -0.331 e. The molecule has 134 valence electrons. The van der Waals surface area contributed by atoms with Gasteiger partial charge in [-0.25, -0.2) is 13.2 Å². The van der Waals surface area contributed by atoms with Gasteiger partial charge in [0.15, 0.2) is 9.84 Å². The Balaban J connectivity index is 1.83. The van der Waals surface area contributed by atoms with Crippen molar-refractivity contribution in [1.82, 2.24) is 29.5 Å². The third-order valence-corrected chi connectivity index (χ3v) is 6.50. The number of carbonyl (C=O) groups is 1. The second kappa shape index (κ2) is 6.32. The third-order valence-electron chi connectivity index (χ3n) is 4.80. The summed E-state index contributed by atoms with van der Waals surface area (Å²) in [4.78, 5) is 17.7. The van der Waals surface area contributed by atoms with E-state index in [4.69, 9.17) is 0 Å². The lowest BCUT2D eigenvalue weighted by Crippen LogP contribution is -2.61. The van der Waals surface area contributed by atoms with E-state index in [0.717, 1.165) is 12.4 Å². The van der Waals surface area contributed by atoms with Gasteiger partial charge in [-0.05, 0) is 6.92 Å². The van der Waals surface area contributed by atoms with E-state index in [1.165, 1.54) is 4.90 Å². The van der Waals surface area contributed by atoms with Crippen LogP contribution in [-0.2, 0) is 22.9 Å². The van der Waals surface area contributed by atoms with Gasteiger partial charge in [0.2, 0.25) is 0 Å². The maximum atomic E-state index is 12.4. The van der Waals surface area contributed by atoms with Crippen LogP contribution in [0, 0.1) is 0 Å². The van der Waals surface area contributed by atoms with Crippen molar-refractivity contribution in [2.75, 3.05) is 38.7 Å². The fourth-order valence-corrected chi connectivity index (χ4v) is 5.57. The summed E-state index contributed by atoms with van der Waals surface area (Å²) in [6.07, 6.45) is 1.68. The molecule has 0 saturated carbocycles. The number of fused-ring (bicyclic) bond motifs is 1. The van der Waals surface area contributed by atoms with Gasteiger partial charge in [0, 0.05) is 39.8 Å². The van der Waals surface area contributed by atoms with Gasteiger partial charge in [-0.15, -0.1) is 10.2 Å². The summed E-state index contributed by atoms with van der Waals surface area (Å²) in [5, 5.41) is 8.08. The molecule has 2 aliphatic heterocycles. The lowest BCUT2D eigenvalue weighted by molar-refractivity contribution is 0.0499. The maximum absolute atomic E-state index is 12.4. The van der Waals surface area contributed by atoms with Crippen LogP contribution in [0.2, 0.25) is 0 Å². The van der Waals surface area contributed by atoms with Gasteiger partial charge >= 0.3 is 6.03 Å². The number of rotatable bonds is 3. The van der Waals surface area contributed by atoms with Crippen molar-refractivity contribution in [1.29, 1.82) is 0 Å². The molecular formula is C14H24N6O3S. The first kappa shape index (κ1) is 17.2. The van der Waals surface area contributed by atoms with Crippen LogP contribution in [0.3, 0.4) is 0 Å². The van der Waals surface area contributed by atoms with E-state index in [0.29, 0.717) is 19.6 Å². The van der Waals surface area contributed by atoms with Gasteiger partial charge in [0.25, 0.3) is 0 Å². The van der Waals surface area contributed by atoms with Crippen LogP contribution in [0.4, 0.5) is 4.79 Å². The second-order valence-corrected chi connectivity index (χ2v) is 8.74. The lowest BCUT2D eigenvalue weighted by Gasteiger charge is -2.44. The molecule has 0 aromatic carbocycles. The molecule has 3 heterocycles. The highest BCUT2D eigenvalue weighted by molar-refractivity contribution is 7.91. The van der Waals surface area contributed by atoms with Crippen molar-refractivity contribution in [3.8, 4) is 0 Å². The highest BCUT2D eigenvalue weighted by Gasteiger charge is 2.48. The minimum absolute atomic E-state index is 0.0359. The van der Waals surface area contributed by atoms with E-state index >= 15 is 0 Å². The number of carbonyl (C=O) groups excluding carboxylic acids is 1. The largest absolute Gasteiger partial charge is 0.331 e. The molecule has 0 bridgehead atoms. The van der Waals surface area contributed by atoms with Crippen LogP contribution in [0.15, 0.2) is 6.33 Å². The summed E-state index contributed by atoms with van der Waals surface area (Å²) in [7, 11) is 0.237. The van der Waals surface area contributed by atoms with Crippen LogP contribution < -0.4 is 0 Å². The van der Waals surface area contributed by atoms with Crippen molar-refractivity contribution in [2.45, 2.75) is 32.1 Å². The quantitative estimate of drug-likeness (QED) is 0.709. The topological polar surface area (TPSA) is 91.6 Å². The Labute approximate surface area is 142 Å². The van der Waals surface area contributed by atoms with Crippen LogP contribution in [0.25, 0.3) is 0 Å². The molecule has 24 heavy (non-hydrogen) atoms. The highest BCUT2D eigenvalue weighted by atomic mass is 32.2. The Morgan fingerprint density at radius 2 is 2.00 bits per heavy atom. The molecule has 0 N–H and O–H groups in total. The SMILES string of the molecule is CCn1cnnc1CN1CCN(C(=O)N(C)C)[C@@H]2CS(=O)(=O)C[C@@H]21. The molecule has 2 aliphatic rings. The smallest absolute Gasteiger partial charge is 0.319 e. The fraction of sp³-hybridized carbons (Fsp3) is 0.786. The van der Waals surface area contributed by atoms with Crippen LogP contribution in [-0.4, -0.2) is 94.7 Å². The van der Waals surface area contributed by atoms with Crippen molar-refractivity contribution in [3.05, 3.63) is 12.2 Å². The third kappa shape index (κ3) is 3.12. The molecule has 10 heteroatoms. The van der Waals surface area contributed by atoms with Crippen LogP contribution in [0.1, 0.15) is 12.7 Å². The van der Waals surface area contributed by atoms with Crippen molar-refractivity contribution in [2.24, 2.45) is 0 Å². The molecule has 1 aromatic rings. The molecular weight excluding hydrogens is 332 g/mol. The molecule has 0 aliphatic carbocycles. The zero-order valence-corrected chi connectivity index (χ0v) is 15.1. The van der Waals surface area contributed by atoms with E-state index < -0.39 is 9.84 Å². The summed E-state index contributed by atoms with van der Waals surface area (Å²) in [5.74, 6) is 0.955. The minimum atomic E-state index is -3.15. The number of piperazine rings is 1. The molecule has 1 aromatic heterocycles. The van der Waals surface area contributed by atoms with Crippen LogP contribution in [0.5, 0.6) is 0 Å². The molecule has 0 unspecified atom stereocenters. The number of aryl methyl sites for hydroxylation is 1. The summed E-state index contributed by atoms with van der Waals surface area (Å²) in [6, 6.07) is -0.607. The number of nitrogens with zero attached hydrogens (tertiary/aromatic N) is 6. The molecule has 2 amide bonds. The number of urea groups is 1. The summed E-state index contributed by atoms with van der Waals surface area (Å²) < 4.78 is 26.3. The first-order valence-corrected chi connectivity index (χ1v) is 9.93. The van der Waals surface area contributed by atoms with Gasteiger partial charge in [-0.3, -0.25) is 4.90 Å². The average Bonchev–Trinajstić information content (AvgIpc) is 3.09. The van der Waals surface area contributed by atoms with Gasteiger partial charge in [-0.2, -0.15) is 0 Å². The van der Waals surface area contributed by atoms with E-state index in [1.807, 2.05) is 11.5 Å². The number of amides is 2. The predicted octanol–water partition coefficient (Wildman–Crippen LogP) is -0.737. The molecule has 9 nitrogen and oxygen atoms in total. The molecule has 2 saturated heterocycles. The van der Waals surface area contributed by atoms with Gasteiger partial charge in [-0.1, -0.05) is 0 Å². The van der Waals surface area contributed by atoms with Gasteiger partial charge in [0.1, 0.15) is 12.2 Å². The molecule has 0 spiro atoms. The summed E-state index contributed by atoms with van der Waals surface area (Å²) >= 11 is 0. The molecule has 2 atom stereocenters. The van der Waals surface area contributed by atoms with Gasteiger partial charge in [0.05, 0.1) is 24.1 Å². The van der Waals surface area contributed by atoms with Crippen molar-refractivity contribution < 1.29 is 13.2 Å². The molecule has 0 radical (unpaired) electrons. The molecule has 2 fully saturated rings. The molecule has 3 rings (SSSR count). The Morgan fingerprint density at radius 1 is 1.29 bits per heavy atom. The van der Waals surface area contributed by atoms with Crippen molar-refractivity contribution >= 4 is 15.9 Å². The predicted molar refractivity (Wildman–Crippen MR) is 88.1 cm³/mol. The van der Waals surface area contributed by atoms with E-state index in [-0.39, 0.29) is 29.6 Å². The number of aromatic nitrogens is 3. The van der Waals surface area contributed by atoms with Crippen LogP contribution >= 0.6 is 0 Å². The van der Waals surface area contributed by atoms with Crippen molar-refractivity contribution in [3.63, 3.8) is 0 Å².